The minimum Gasteiger partial charge on any atom is -0.466 e. The average molecular weight is 489 g/mol. The Morgan fingerprint density at radius 3 is 1.69 bits per heavy atom. The highest BCUT2D eigenvalue weighted by Gasteiger charge is 2.12. The van der Waals surface area contributed by atoms with Crippen molar-refractivity contribution in [3.05, 3.63) is 29.8 Å². The summed E-state index contributed by atoms with van der Waals surface area (Å²) in [5.74, 6) is 0.385. The zero-order valence-corrected chi connectivity index (χ0v) is 23.0. The summed E-state index contributed by atoms with van der Waals surface area (Å²) in [6.45, 7) is 6.90. The summed E-state index contributed by atoms with van der Waals surface area (Å²) in [6, 6.07) is 7.60. The van der Waals surface area contributed by atoms with Gasteiger partial charge in [-0.05, 0) is 30.4 Å². The molecule has 0 aromatic heterocycles. The van der Waals surface area contributed by atoms with Crippen LogP contribution in [-0.2, 0) is 14.3 Å². The van der Waals surface area contributed by atoms with Crippen LogP contribution in [0.1, 0.15) is 148 Å². The molecule has 1 rings (SSSR count). The fourth-order valence-electron chi connectivity index (χ4n) is 4.33. The molecule has 0 aliphatic carbocycles. The molecule has 0 atom stereocenters. The van der Waals surface area contributed by atoms with Crippen molar-refractivity contribution in [3.8, 4) is 5.75 Å². The van der Waals surface area contributed by atoms with Crippen molar-refractivity contribution < 1.29 is 19.1 Å². The lowest BCUT2D eigenvalue weighted by Crippen LogP contribution is -2.11. The van der Waals surface area contributed by atoms with Gasteiger partial charge >= 0.3 is 11.9 Å². The van der Waals surface area contributed by atoms with Crippen LogP contribution < -0.4 is 4.74 Å². The third-order valence-corrected chi connectivity index (χ3v) is 6.54. The van der Waals surface area contributed by atoms with Crippen molar-refractivity contribution in [2.45, 2.75) is 142 Å². The second-order valence-corrected chi connectivity index (χ2v) is 10.2. The molecule has 0 amide bonds. The third-order valence-electron chi connectivity index (χ3n) is 6.54. The van der Waals surface area contributed by atoms with Gasteiger partial charge in [-0.15, -0.1) is 0 Å². The van der Waals surface area contributed by atoms with E-state index in [9.17, 15) is 9.59 Å². The van der Waals surface area contributed by atoms with Crippen LogP contribution in [0.2, 0.25) is 0 Å². The van der Waals surface area contributed by atoms with Gasteiger partial charge in [0.25, 0.3) is 0 Å². The van der Waals surface area contributed by atoms with Crippen LogP contribution in [0, 0.1) is 0 Å². The Balaban J connectivity index is 1.90. The second-order valence-electron chi connectivity index (χ2n) is 10.2. The average Bonchev–Trinajstić information content (AvgIpc) is 2.84. The highest BCUT2D eigenvalue weighted by Crippen LogP contribution is 2.26. The summed E-state index contributed by atoms with van der Waals surface area (Å²) in [4.78, 5) is 24.0. The predicted octanol–water partition coefficient (Wildman–Crippen LogP) is 9.30. The van der Waals surface area contributed by atoms with E-state index in [0.717, 1.165) is 18.4 Å². The van der Waals surface area contributed by atoms with E-state index >= 15 is 0 Å². The lowest BCUT2D eigenvalue weighted by atomic mass is 10.0. The first-order chi connectivity index (χ1) is 17.0. The summed E-state index contributed by atoms with van der Waals surface area (Å²) < 4.78 is 10.8. The number of hydrogen-bond acceptors (Lipinski definition) is 4. The first-order valence-electron chi connectivity index (χ1n) is 14.5. The van der Waals surface area contributed by atoms with Crippen molar-refractivity contribution in [1.82, 2.24) is 0 Å². The van der Waals surface area contributed by atoms with Crippen molar-refractivity contribution in [3.63, 3.8) is 0 Å². The van der Waals surface area contributed by atoms with Gasteiger partial charge in [0.1, 0.15) is 5.75 Å². The molecule has 0 saturated carbocycles. The summed E-state index contributed by atoms with van der Waals surface area (Å²) >= 11 is 0. The van der Waals surface area contributed by atoms with Crippen LogP contribution in [0.5, 0.6) is 5.75 Å². The summed E-state index contributed by atoms with van der Waals surface area (Å²) in [6.07, 6.45) is 20.8. The number of carbonyl (C=O) groups is 2. The molecule has 0 radical (unpaired) electrons. The SMILES string of the molecule is CCCCCCCCCCCCCCCCCOC(=O)CCCC(=O)Oc1ccccc1C(C)C. The lowest BCUT2D eigenvalue weighted by Gasteiger charge is -2.12. The molecule has 0 heterocycles. The maximum atomic E-state index is 12.1. The summed E-state index contributed by atoms with van der Waals surface area (Å²) in [7, 11) is 0. The Bertz CT molecular complexity index is 668. The van der Waals surface area contributed by atoms with Crippen LogP contribution in [0.3, 0.4) is 0 Å². The van der Waals surface area contributed by atoms with Crippen LogP contribution in [0.15, 0.2) is 24.3 Å². The highest BCUT2D eigenvalue weighted by molar-refractivity contribution is 5.74. The quantitative estimate of drug-likeness (QED) is 0.0926. The van der Waals surface area contributed by atoms with E-state index in [1.54, 1.807) is 0 Å². The third kappa shape index (κ3) is 17.3. The lowest BCUT2D eigenvalue weighted by molar-refractivity contribution is -0.144. The van der Waals surface area contributed by atoms with Gasteiger partial charge in [-0.2, -0.15) is 0 Å². The number of para-hydroxylation sites is 1. The number of carbonyl (C=O) groups excluding carboxylic acids is 2. The molecule has 35 heavy (non-hydrogen) atoms. The Morgan fingerprint density at radius 2 is 1.14 bits per heavy atom. The second kappa shape index (κ2) is 21.4. The molecule has 0 fully saturated rings. The molecule has 200 valence electrons. The molecule has 1 aromatic rings. The van der Waals surface area contributed by atoms with E-state index in [1.165, 1.54) is 83.5 Å². The van der Waals surface area contributed by atoms with E-state index in [-0.39, 0.29) is 30.7 Å². The molecular weight excluding hydrogens is 436 g/mol. The number of unbranched alkanes of at least 4 members (excludes halogenated alkanes) is 14. The maximum absolute atomic E-state index is 12.1. The first-order valence-corrected chi connectivity index (χ1v) is 14.5. The zero-order chi connectivity index (χ0) is 25.6. The number of esters is 2. The van der Waals surface area contributed by atoms with Gasteiger partial charge in [0.15, 0.2) is 0 Å². The van der Waals surface area contributed by atoms with E-state index < -0.39 is 0 Å². The number of benzene rings is 1. The molecule has 0 N–H and O–H groups in total. The molecule has 0 aliphatic rings. The van der Waals surface area contributed by atoms with E-state index in [2.05, 4.69) is 20.8 Å². The maximum Gasteiger partial charge on any atom is 0.311 e. The Labute approximate surface area is 215 Å². The van der Waals surface area contributed by atoms with Gasteiger partial charge in [-0.25, -0.2) is 0 Å². The standard InChI is InChI=1S/C31H52O4/c1-4-5-6-7-8-9-10-11-12-13-14-15-16-17-20-26-34-30(32)24-21-25-31(33)35-29-23-19-18-22-28(29)27(2)3/h18-19,22-23,27H,4-17,20-21,24-26H2,1-3H3. The zero-order valence-electron chi connectivity index (χ0n) is 23.0. The van der Waals surface area contributed by atoms with Gasteiger partial charge in [0, 0.05) is 12.8 Å². The Kier molecular flexibility index (Phi) is 19.1. The molecule has 4 nitrogen and oxygen atoms in total. The molecule has 1 aromatic carbocycles. The summed E-state index contributed by atoms with van der Waals surface area (Å²) in [5, 5.41) is 0. The van der Waals surface area contributed by atoms with Crippen LogP contribution in [-0.4, -0.2) is 18.5 Å². The van der Waals surface area contributed by atoms with Crippen molar-refractivity contribution in [2.24, 2.45) is 0 Å². The van der Waals surface area contributed by atoms with Crippen molar-refractivity contribution in [2.75, 3.05) is 6.61 Å². The monoisotopic (exact) mass is 488 g/mol. The fraction of sp³-hybridized carbons (Fsp3) is 0.742. The first kappa shape index (κ1) is 31.2. The highest BCUT2D eigenvalue weighted by atomic mass is 16.5. The topological polar surface area (TPSA) is 52.6 Å². The van der Waals surface area contributed by atoms with Crippen LogP contribution in [0.25, 0.3) is 0 Å². The van der Waals surface area contributed by atoms with Gasteiger partial charge in [0.2, 0.25) is 0 Å². The number of hydrogen-bond donors (Lipinski definition) is 0. The van der Waals surface area contributed by atoms with Crippen LogP contribution in [0.4, 0.5) is 0 Å². The molecule has 0 spiro atoms. The molecule has 0 unspecified atom stereocenters. The Hall–Kier alpha value is -1.84. The molecule has 4 heteroatoms. The van der Waals surface area contributed by atoms with Gasteiger partial charge < -0.3 is 9.47 Å². The molecule has 0 saturated heterocycles. The van der Waals surface area contributed by atoms with Gasteiger partial charge in [-0.1, -0.05) is 129 Å². The van der Waals surface area contributed by atoms with Crippen molar-refractivity contribution >= 4 is 11.9 Å². The minimum absolute atomic E-state index is 0.217. The predicted molar refractivity (Wildman–Crippen MR) is 146 cm³/mol. The number of ether oxygens (including phenoxy) is 2. The number of rotatable bonds is 22. The van der Waals surface area contributed by atoms with Crippen LogP contribution >= 0.6 is 0 Å². The van der Waals surface area contributed by atoms with Gasteiger partial charge in [-0.3, -0.25) is 9.59 Å². The normalized spacial score (nSPS) is 11.1. The fourth-order valence-corrected chi connectivity index (χ4v) is 4.33. The van der Waals surface area contributed by atoms with E-state index in [0.29, 0.717) is 18.8 Å². The largest absolute Gasteiger partial charge is 0.466 e. The van der Waals surface area contributed by atoms with E-state index in [4.69, 9.17) is 9.47 Å². The summed E-state index contributed by atoms with van der Waals surface area (Å²) in [5.41, 5.74) is 1.02. The minimum atomic E-state index is -0.298. The van der Waals surface area contributed by atoms with Crippen molar-refractivity contribution in [1.29, 1.82) is 0 Å². The smallest absolute Gasteiger partial charge is 0.311 e. The van der Waals surface area contributed by atoms with E-state index in [1.807, 2.05) is 24.3 Å². The molecule has 0 aliphatic heterocycles. The molecule has 0 bridgehead atoms. The Morgan fingerprint density at radius 1 is 0.657 bits per heavy atom. The molecular formula is C31H52O4. The van der Waals surface area contributed by atoms with Gasteiger partial charge in [0.05, 0.1) is 6.61 Å².